The van der Waals surface area contributed by atoms with Crippen LogP contribution in [0.5, 0.6) is 5.75 Å². The first-order valence-corrected chi connectivity index (χ1v) is 6.77. The SMILES string of the molecule is Cc1ccc(OCNC(=O)Nc2ccc(F)c(F)c2F)cc1C. The molecule has 7 heteroatoms. The molecule has 2 aromatic carbocycles. The molecule has 2 aromatic rings. The number of carbonyl (C=O) groups excluding carboxylic acids is 1. The Balaban J connectivity index is 1.88. The number of nitrogens with one attached hydrogen (secondary N) is 2. The Bertz CT molecular complexity index is 736. The predicted molar refractivity (Wildman–Crippen MR) is 79.9 cm³/mol. The number of carbonyl (C=O) groups is 1. The Hall–Kier alpha value is -2.70. The molecule has 122 valence electrons. The van der Waals surface area contributed by atoms with Gasteiger partial charge in [0.25, 0.3) is 0 Å². The minimum absolute atomic E-state index is 0.167. The molecule has 0 fully saturated rings. The van der Waals surface area contributed by atoms with Crippen LogP contribution in [0.1, 0.15) is 11.1 Å². The second-order valence-corrected chi connectivity index (χ2v) is 4.89. The number of aryl methyl sites for hydroxylation is 2. The molecule has 2 N–H and O–H groups in total. The summed E-state index contributed by atoms with van der Waals surface area (Å²) < 4.78 is 44.6. The number of ether oxygens (including phenoxy) is 1. The molecule has 0 atom stereocenters. The van der Waals surface area contributed by atoms with Crippen molar-refractivity contribution in [3.63, 3.8) is 0 Å². The van der Waals surface area contributed by atoms with Crippen LogP contribution < -0.4 is 15.4 Å². The summed E-state index contributed by atoms with van der Waals surface area (Å²) in [6, 6.07) is 6.28. The van der Waals surface area contributed by atoms with Gasteiger partial charge in [-0.25, -0.2) is 18.0 Å². The number of anilines is 1. The number of benzene rings is 2. The van der Waals surface area contributed by atoms with E-state index in [1.54, 1.807) is 6.07 Å². The van der Waals surface area contributed by atoms with Gasteiger partial charge >= 0.3 is 6.03 Å². The van der Waals surface area contributed by atoms with Crippen LogP contribution in [0.15, 0.2) is 30.3 Å². The van der Waals surface area contributed by atoms with Gasteiger partial charge < -0.3 is 15.4 Å². The monoisotopic (exact) mass is 324 g/mol. The number of halogens is 3. The Morgan fingerprint density at radius 3 is 2.48 bits per heavy atom. The molecule has 0 saturated carbocycles. The van der Waals surface area contributed by atoms with Gasteiger partial charge in [-0.2, -0.15) is 0 Å². The molecule has 23 heavy (non-hydrogen) atoms. The molecule has 0 saturated heterocycles. The Morgan fingerprint density at radius 1 is 1.04 bits per heavy atom. The van der Waals surface area contributed by atoms with Gasteiger partial charge in [0.05, 0.1) is 5.69 Å². The Kier molecular flexibility index (Phi) is 5.10. The van der Waals surface area contributed by atoms with Gasteiger partial charge in [0.15, 0.2) is 24.2 Å². The summed E-state index contributed by atoms with van der Waals surface area (Å²) in [4.78, 5) is 11.6. The quantitative estimate of drug-likeness (QED) is 0.662. The summed E-state index contributed by atoms with van der Waals surface area (Å²) in [5, 5.41) is 4.39. The first kappa shape index (κ1) is 16.7. The average Bonchev–Trinajstić information content (AvgIpc) is 2.51. The Morgan fingerprint density at radius 2 is 1.78 bits per heavy atom. The van der Waals surface area contributed by atoms with Crippen LogP contribution in [0.3, 0.4) is 0 Å². The van der Waals surface area contributed by atoms with Gasteiger partial charge in [-0.05, 0) is 49.2 Å². The van der Waals surface area contributed by atoms with Gasteiger partial charge in [0, 0.05) is 0 Å². The van der Waals surface area contributed by atoms with E-state index in [2.05, 4.69) is 10.6 Å². The van der Waals surface area contributed by atoms with E-state index in [0.29, 0.717) is 5.75 Å². The van der Waals surface area contributed by atoms with Gasteiger partial charge in [-0.3, -0.25) is 0 Å². The zero-order valence-corrected chi connectivity index (χ0v) is 12.5. The van der Waals surface area contributed by atoms with Gasteiger partial charge in [-0.15, -0.1) is 0 Å². The second kappa shape index (κ2) is 7.04. The lowest BCUT2D eigenvalue weighted by molar-refractivity contribution is 0.234. The van der Waals surface area contributed by atoms with Gasteiger partial charge in [0.1, 0.15) is 5.75 Å². The molecule has 0 heterocycles. The minimum Gasteiger partial charge on any atom is -0.473 e. The summed E-state index contributed by atoms with van der Waals surface area (Å²) in [6.45, 7) is 3.72. The molecule has 0 aromatic heterocycles. The van der Waals surface area contributed by atoms with E-state index in [4.69, 9.17) is 4.74 Å². The molecule has 0 unspecified atom stereocenters. The van der Waals surface area contributed by atoms with E-state index >= 15 is 0 Å². The molecule has 0 bridgehead atoms. The summed E-state index contributed by atoms with van der Waals surface area (Å²) in [6.07, 6.45) is 0. The fourth-order valence-electron chi connectivity index (χ4n) is 1.78. The lowest BCUT2D eigenvalue weighted by atomic mass is 10.1. The molecule has 0 aliphatic rings. The van der Waals surface area contributed by atoms with Crippen molar-refractivity contribution < 1.29 is 22.7 Å². The maximum Gasteiger partial charge on any atom is 0.321 e. The lowest BCUT2D eigenvalue weighted by Gasteiger charge is -2.11. The maximum atomic E-state index is 13.4. The van der Waals surface area contributed by atoms with Crippen LogP contribution in [0.4, 0.5) is 23.7 Å². The van der Waals surface area contributed by atoms with E-state index < -0.39 is 29.2 Å². The molecule has 2 rings (SSSR count). The number of hydrogen-bond acceptors (Lipinski definition) is 2. The minimum atomic E-state index is -1.64. The second-order valence-electron chi connectivity index (χ2n) is 4.89. The molecule has 0 aliphatic carbocycles. The molecular weight excluding hydrogens is 309 g/mol. The third kappa shape index (κ3) is 4.15. The van der Waals surface area contributed by atoms with E-state index in [1.165, 1.54) is 0 Å². The number of urea groups is 1. The summed E-state index contributed by atoms with van der Waals surface area (Å²) in [5.74, 6) is -3.87. The summed E-state index contributed by atoms with van der Waals surface area (Å²) in [7, 11) is 0. The molecule has 0 aliphatic heterocycles. The standard InChI is InChI=1S/C16H15F3N2O2/c1-9-3-4-11(7-10(9)2)23-8-20-16(22)21-13-6-5-12(17)14(18)15(13)19/h3-7H,8H2,1-2H3,(H2,20,21,22). The highest BCUT2D eigenvalue weighted by molar-refractivity contribution is 5.89. The molecule has 0 spiro atoms. The topological polar surface area (TPSA) is 50.4 Å². The highest BCUT2D eigenvalue weighted by Gasteiger charge is 2.14. The van der Waals surface area contributed by atoms with E-state index in [0.717, 1.165) is 23.3 Å². The van der Waals surface area contributed by atoms with Gasteiger partial charge in [-0.1, -0.05) is 6.07 Å². The van der Waals surface area contributed by atoms with Crippen molar-refractivity contribution in [2.45, 2.75) is 13.8 Å². The number of rotatable bonds is 4. The fourth-order valence-corrected chi connectivity index (χ4v) is 1.78. The first-order valence-electron chi connectivity index (χ1n) is 6.77. The van der Waals surface area contributed by atoms with Crippen LogP contribution in [-0.4, -0.2) is 12.8 Å². The van der Waals surface area contributed by atoms with E-state index in [-0.39, 0.29) is 6.73 Å². The fraction of sp³-hybridized carbons (Fsp3) is 0.188. The van der Waals surface area contributed by atoms with Crippen molar-refractivity contribution in [1.29, 1.82) is 0 Å². The van der Waals surface area contributed by atoms with E-state index in [9.17, 15) is 18.0 Å². The van der Waals surface area contributed by atoms with Crippen molar-refractivity contribution in [3.05, 3.63) is 58.9 Å². The smallest absolute Gasteiger partial charge is 0.321 e. The summed E-state index contributed by atoms with van der Waals surface area (Å²) >= 11 is 0. The number of hydrogen-bond donors (Lipinski definition) is 2. The third-order valence-corrected chi connectivity index (χ3v) is 3.23. The lowest BCUT2D eigenvalue weighted by Crippen LogP contribution is -2.32. The molecule has 4 nitrogen and oxygen atoms in total. The average molecular weight is 324 g/mol. The van der Waals surface area contributed by atoms with Crippen LogP contribution in [0.25, 0.3) is 0 Å². The summed E-state index contributed by atoms with van der Waals surface area (Å²) in [5.41, 5.74) is 1.68. The zero-order chi connectivity index (χ0) is 17.0. The van der Waals surface area contributed by atoms with Crippen molar-refractivity contribution in [1.82, 2.24) is 5.32 Å². The van der Waals surface area contributed by atoms with Gasteiger partial charge in [0.2, 0.25) is 0 Å². The largest absolute Gasteiger partial charge is 0.473 e. The zero-order valence-electron chi connectivity index (χ0n) is 12.5. The predicted octanol–water partition coefficient (Wildman–Crippen LogP) is 3.88. The normalized spacial score (nSPS) is 10.3. The molecule has 0 radical (unpaired) electrons. The van der Waals surface area contributed by atoms with E-state index in [1.807, 2.05) is 26.0 Å². The Labute approximate surface area is 131 Å². The van der Waals surface area contributed by atoms with Crippen molar-refractivity contribution >= 4 is 11.7 Å². The molecular formula is C16H15F3N2O2. The highest BCUT2D eigenvalue weighted by atomic mass is 19.2. The van der Waals surface area contributed by atoms with Crippen molar-refractivity contribution in [3.8, 4) is 5.75 Å². The maximum absolute atomic E-state index is 13.4. The number of amides is 2. The molecule has 2 amide bonds. The highest BCUT2D eigenvalue weighted by Crippen LogP contribution is 2.19. The van der Waals surface area contributed by atoms with Crippen LogP contribution in [0, 0.1) is 31.3 Å². The van der Waals surface area contributed by atoms with Crippen molar-refractivity contribution in [2.24, 2.45) is 0 Å². The van der Waals surface area contributed by atoms with Crippen LogP contribution >= 0.6 is 0 Å². The third-order valence-electron chi connectivity index (χ3n) is 3.23. The first-order chi connectivity index (χ1) is 10.9. The van der Waals surface area contributed by atoms with Crippen LogP contribution in [-0.2, 0) is 0 Å². The van der Waals surface area contributed by atoms with Crippen LogP contribution in [0.2, 0.25) is 0 Å². The van der Waals surface area contributed by atoms with Crippen molar-refractivity contribution in [2.75, 3.05) is 12.0 Å².